The van der Waals surface area contributed by atoms with Crippen molar-refractivity contribution < 1.29 is 14.1 Å². The van der Waals surface area contributed by atoms with Gasteiger partial charge >= 0.3 is 0 Å². The van der Waals surface area contributed by atoms with E-state index in [1.54, 1.807) is 11.3 Å². The minimum atomic E-state index is -0.00379. The van der Waals surface area contributed by atoms with Gasteiger partial charge in [0.15, 0.2) is 0 Å². The van der Waals surface area contributed by atoms with Crippen molar-refractivity contribution >= 4 is 28.3 Å². The van der Waals surface area contributed by atoms with Crippen molar-refractivity contribution in [2.45, 2.75) is 20.3 Å². The van der Waals surface area contributed by atoms with E-state index in [-0.39, 0.29) is 5.91 Å². The molecule has 0 saturated carbocycles. The molecule has 1 saturated heterocycles. The zero-order chi connectivity index (χ0) is 18.1. The van der Waals surface area contributed by atoms with E-state index < -0.39 is 0 Å². The molecule has 3 aromatic rings. The van der Waals surface area contributed by atoms with Crippen LogP contribution in [0.1, 0.15) is 29.4 Å². The van der Waals surface area contributed by atoms with Crippen LogP contribution in [0.5, 0.6) is 0 Å². The molecule has 4 rings (SSSR count). The van der Waals surface area contributed by atoms with Crippen LogP contribution in [0, 0.1) is 12.8 Å². The number of aromatic nitrogens is 2. The number of thiophene rings is 1. The van der Waals surface area contributed by atoms with E-state index in [4.69, 9.17) is 9.26 Å². The summed E-state index contributed by atoms with van der Waals surface area (Å²) >= 11 is 1.59. The van der Waals surface area contributed by atoms with Crippen molar-refractivity contribution in [3.8, 4) is 10.6 Å². The van der Waals surface area contributed by atoms with Gasteiger partial charge in [0, 0.05) is 25.6 Å². The van der Waals surface area contributed by atoms with Gasteiger partial charge < -0.3 is 14.2 Å². The Kier molecular flexibility index (Phi) is 4.74. The molecular weight excluding hydrogens is 350 g/mol. The van der Waals surface area contributed by atoms with E-state index in [2.05, 4.69) is 10.1 Å². The van der Waals surface area contributed by atoms with E-state index in [9.17, 15) is 4.79 Å². The summed E-state index contributed by atoms with van der Waals surface area (Å²) in [5, 5.41) is 6.72. The van der Waals surface area contributed by atoms with Gasteiger partial charge in [-0.3, -0.25) is 4.79 Å². The predicted octanol–water partition coefficient (Wildman–Crippen LogP) is 3.76. The quantitative estimate of drug-likeness (QED) is 0.683. The van der Waals surface area contributed by atoms with Crippen molar-refractivity contribution in [2.24, 2.45) is 5.92 Å². The largest absolute Gasteiger partial charge is 0.381 e. The van der Waals surface area contributed by atoms with Crippen LogP contribution < -0.4 is 0 Å². The maximum atomic E-state index is 13.3. The molecule has 1 aliphatic rings. The molecule has 1 amide bonds. The van der Waals surface area contributed by atoms with Gasteiger partial charge in [-0.25, -0.2) is 4.98 Å². The average molecular weight is 371 g/mol. The second-order valence-electron chi connectivity index (χ2n) is 6.55. The molecule has 0 unspecified atom stereocenters. The van der Waals surface area contributed by atoms with Gasteiger partial charge in [-0.2, -0.15) is 0 Å². The smallest absolute Gasteiger partial charge is 0.259 e. The van der Waals surface area contributed by atoms with Gasteiger partial charge in [0.05, 0.1) is 33.8 Å². The Labute approximate surface area is 155 Å². The third kappa shape index (κ3) is 3.12. The lowest BCUT2D eigenvalue weighted by Gasteiger charge is -2.24. The number of ether oxygens (including phenoxy) is 1. The minimum absolute atomic E-state index is 0.00379. The predicted molar refractivity (Wildman–Crippen MR) is 100 cm³/mol. The molecule has 6 nitrogen and oxygen atoms in total. The Hall–Kier alpha value is -2.25. The SMILES string of the molecule is CCN(C[C@H]1CCOC1)C(=O)c1cc(-c2cccs2)nc2onc(C)c12. The normalized spacial score (nSPS) is 17.1. The lowest BCUT2D eigenvalue weighted by atomic mass is 10.1. The summed E-state index contributed by atoms with van der Waals surface area (Å²) < 4.78 is 10.8. The summed E-state index contributed by atoms with van der Waals surface area (Å²) in [6.07, 6.45) is 1.00. The average Bonchev–Trinajstić information content (AvgIpc) is 3.41. The fourth-order valence-corrected chi connectivity index (χ4v) is 4.07. The molecule has 1 atom stereocenters. The third-order valence-corrected chi connectivity index (χ3v) is 5.69. The topological polar surface area (TPSA) is 68.5 Å². The first-order valence-corrected chi connectivity index (χ1v) is 9.73. The third-order valence-electron chi connectivity index (χ3n) is 4.79. The summed E-state index contributed by atoms with van der Waals surface area (Å²) in [4.78, 5) is 20.8. The number of rotatable bonds is 5. The van der Waals surface area contributed by atoms with Crippen LogP contribution in [-0.2, 0) is 4.74 Å². The first kappa shape index (κ1) is 17.2. The highest BCUT2D eigenvalue weighted by Gasteiger charge is 2.26. The second kappa shape index (κ2) is 7.17. The Morgan fingerprint density at radius 1 is 1.46 bits per heavy atom. The molecule has 136 valence electrons. The highest BCUT2D eigenvalue weighted by Crippen LogP contribution is 2.30. The number of carbonyl (C=O) groups is 1. The highest BCUT2D eigenvalue weighted by molar-refractivity contribution is 7.13. The number of hydrogen-bond donors (Lipinski definition) is 0. The van der Waals surface area contributed by atoms with Gasteiger partial charge in [0.25, 0.3) is 11.6 Å². The Morgan fingerprint density at radius 2 is 2.35 bits per heavy atom. The molecule has 0 spiro atoms. The van der Waals surface area contributed by atoms with E-state index in [0.717, 1.165) is 30.2 Å². The van der Waals surface area contributed by atoms with E-state index in [0.29, 0.717) is 41.4 Å². The van der Waals surface area contributed by atoms with Crippen molar-refractivity contribution in [1.82, 2.24) is 15.0 Å². The Bertz CT molecular complexity index is 914. The number of amides is 1. The van der Waals surface area contributed by atoms with Crippen LogP contribution in [0.3, 0.4) is 0 Å². The van der Waals surface area contributed by atoms with Crippen LogP contribution in [0.4, 0.5) is 0 Å². The Balaban J connectivity index is 1.75. The molecule has 0 radical (unpaired) electrons. The van der Waals surface area contributed by atoms with Crippen molar-refractivity contribution in [3.63, 3.8) is 0 Å². The molecule has 3 aromatic heterocycles. The van der Waals surface area contributed by atoms with Crippen molar-refractivity contribution in [3.05, 3.63) is 34.8 Å². The lowest BCUT2D eigenvalue weighted by Crippen LogP contribution is -2.35. The molecule has 1 fully saturated rings. The van der Waals surface area contributed by atoms with Crippen LogP contribution in [0.2, 0.25) is 0 Å². The molecule has 1 aliphatic heterocycles. The summed E-state index contributed by atoms with van der Waals surface area (Å²) in [5.41, 5.74) is 2.45. The maximum Gasteiger partial charge on any atom is 0.259 e. The first-order valence-electron chi connectivity index (χ1n) is 8.85. The van der Waals surface area contributed by atoms with Crippen molar-refractivity contribution in [2.75, 3.05) is 26.3 Å². The number of pyridine rings is 1. The molecule has 0 aliphatic carbocycles. The van der Waals surface area contributed by atoms with Crippen LogP contribution in [0.25, 0.3) is 21.7 Å². The summed E-state index contributed by atoms with van der Waals surface area (Å²) in [6.45, 7) is 6.71. The van der Waals surface area contributed by atoms with Gasteiger partial charge in [-0.15, -0.1) is 11.3 Å². The fourth-order valence-electron chi connectivity index (χ4n) is 3.38. The molecule has 0 aromatic carbocycles. The lowest BCUT2D eigenvalue weighted by molar-refractivity contribution is 0.0732. The highest BCUT2D eigenvalue weighted by atomic mass is 32.1. The van der Waals surface area contributed by atoms with Crippen molar-refractivity contribution in [1.29, 1.82) is 0 Å². The number of hydrogen-bond acceptors (Lipinski definition) is 6. The van der Waals surface area contributed by atoms with Crippen LogP contribution in [-0.4, -0.2) is 47.3 Å². The molecule has 26 heavy (non-hydrogen) atoms. The fraction of sp³-hybridized carbons (Fsp3) is 0.421. The molecule has 0 bridgehead atoms. The first-order chi connectivity index (χ1) is 12.7. The zero-order valence-electron chi connectivity index (χ0n) is 14.9. The van der Waals surface area contributed by atoms with Gasteiger partial charge in [-0.05, 0) is 37.8 Å². The molecule has 7 heteroatoms. The molecule has 4 heterocycles. The number of carbonyl (C=O) groups excluding carboxylic acids is 1. The van der Waals surface area contributed by atoms with E-state index in [1.165, 1.54) is 0 Å². The van der Waals surface area contributed by atoms with Gasteiger partial charge in [-0.1, -0.05) is 11.2 Å². The summed E-state index contributed by atoms with van der Waals surface area (Å²) in [7, 11) is 0. The van der Waals surface area contributed by atoms with Crippen LogP contribution in [0.15, 0.2) is 28.1 Å². The molecule has 0 N–H and O–H groups in total. The molecular formula is C19H21N3O3S. The van der Waals surface area contributed by atoms with E-state index >= 15 is 0 Å². The van der Waals surface area contributed by atoms with Gasteiger partial charge in [0.2, 0.25) is 0 Å². The summed E-state index contributed by atoms with van der Waals surface area (Å²) in [6, 6.07) is 5.83. The Morgan fingerprint density at radius 3 is 3.04 bits per heavy atom. The second-order valence-corrected chi connectivity index (χ2v) is 7.50. The number of fused-ring (bicyclic) bond motifs is 1. The number of aryl methyl sites for hydroxylation is 1. The minimum Gasteiger partial charge on any atom is -0.381 e. The van der Waals surface area contributed by atoms with Crippen LogP contribution >= 0.6 is 11.3 Å². The summed E-state index contributed by atoms with van der Waals surface area (Å²) in [5.74, 6) is 0.396. The maximum absolute atomic E-state index is 13.3. The van der Waals surface area contributed by atoms with E-state index in [1.807, 2.05) is 42.3 Å². The monoisotopic (exact) mass is 371 g/mol. The van der Waals surface area contributed by atoms with Gasteiger partial charge in [0.1, 0.15) is 0 Å². The standard InChI is InChI=1S/C19H21N3O3S/c1-3-22(10-13-6-7-24-11-13)19(23)14-9-15(16-5-4-8-26-16)20-18-17(14)12(2)21-25-18/h4-5,8-9,13H,3,6-7,10-11H2,1-2H3/t13-/m1/s1. The number of nitrogens with zero attached hydrogens (tertiary/aromatic N) is 3. The zero-order valence-corrected chi connectivity index (χ0v) is 15.7.